The Bertz CT molecular complexity index is 215. The molecule has 2 N–H and O–H groups in total. The monoisotopic (exact) mass is 252 g/mol. The second kappa shape index (κ2) is 7.49. The minimum Gasteiger partial charge on any atom is -0.316 e. The Morgan fingerprint density at radius 3 is 2.72 bits per heavy atom. The molecule has 1 atom stereocenters. The maximum atomic E-state index is 3.74. The van der Waals surface area contributed by atoms with E-state index < -0.39 is 0 Å². The van der Waals surface area contributed by atoms with Crippen molar-refractivity contribution in [2.45, 2.75) is 64.7 Å². The van der Waals surface area contributed by atoms with Gasteiger partial charge in [0, 0.05) is 6.54 Å². The van der Waals surface area contributed by atoms with Crippen molar-refractivity contribution < 1.29 is 0 Å². The molecule has 0 bridgehead atoms. The quantitative estimate of drug-likeness (QED) is 0.679. The standard InChI is InChI=1S/C16H32N2/c1-2-16(9-3-4-10-16)14-18-12-6-8-15-7-5-11-17-13-15/h15,17-18H,2-14H2,1H3. The first-order valence-electron chi connectivity index (χ1n) is 8.26. The van der Waals surface area contributed by atoms with Crippen molar-refractivity contribution in [1.29, 1.82) is 0 Å². The summed E-state index contributed by atoms with van der Waals surface area (Å²) in [7, 11) is 0. The van der Waals surface area contributed by atoms with E-state index in [1.165, 1.54) is 84.0 Å². The molecule has 2 rings (SSSR count). The molecule has 0 spiro atoms. The van der Waals surface area contributed by atoms with Gasteiger partial charge in [-0.15, -0.1) is 0 Å². The van der Waals surface area contributed by atoms with Crippen molar-refractivity contribution >= 4 is 0 Å². The van der Waals surface area contributed by atoms with Gasteiger partial charge in [-0.25, -0.2) is 0 Å². The maximum absolute atomic E-state index is 3.74. The molecule has 2 aliphatic rings. The molecular formula is C16H32N2. The molecule has 2 fully saturated rings. The van der Waals surface area contributed by atoms with E-state index in [4.69, 9.17) is 0 Å². The average molecular weight is 252 g/mol. The van der Waals surface area contributed by atoms with Gasteiger partial charge in [0.2, 0.25) is 0 Å². The lowest BCUT2D eigenvalue weighted by Gasteiger charge is -2.28. The van der Waals surface area contributed by atoms with Crippen molar-refractivity contribution in [2.75, 3.05) is 26.2 Å². The molecule has 1 saturated carbocycles. The predicted octanol–water partition coefficient (Wildman–Crippen LogP) is 3.33. The van der Waals surface area contributed by atoms with Gasteiger partial charge >= 0.3 is 0 Å². The third kappa shape index (κ3) is 4.24. The number of hydrogen-bond acceptors (Lipinski definition) is 2. The van der Waals surface area contributed by atoms with Gasteiger partial charge in [-0.3, -0.25) is 0 Å². The van der Waals surface area contributed by atoms with Gasteiger partial charge in [-0.2, -0.15) is 0 Å². The number of hydrogen-bond donors (Lipinski definition) is 2. The van der Waals surface area contributed by atoms with Gasteiger partial charge < -0.3 is 10.6 Å². The van der Waals surface area contributed by atoms with Crippen LogP contribution in [-0.2, 0) is 0 Å². The minimum absolute atomic E-state index is 0.659. The normalized spacial score (nSPS) is 27.5. The molecule has 106 valence electrons. The Kier molecular flexibility index (Phi) is 5.97. The lowest BCUT2D eigenvalue weighted by molar-refractivity contribution is 0.265. The van der Waals surface area contributed by atoms with E-state index in [1.54, 1.807) is 0 Å². The fourth-order valence-electron chi connectivity index (χ4n) is 3.82. The van der Waals surface area contributed by atoms with Crippen molar-refractivity contribution in [3.63, 3.8) is 0 Å². The first kappa shape index (κ1) is 14.3. The Morgan fingerprint density at radius 2 is 2.06 bits per heavy atom. The van der Waals surface area contributed by atoms with Crippen molar-refractivity contribution in [3.8, 4) is 0 Å². The summed E-state index contributed by atoms with van der Waals surface area (Å²) in [6, 6.07) is 0. The molecule has 0 amide bonds. The topological polar surface area (TPSA) is 24.1 Å². The van der Waals surface area contributed by atoms with Gasteiger partial charge in [0.25, 0.3) is 0 Å². The highest BCUT2D eigenvalue weighted by Crippen LogP contribution is 2.40. The maximum Gasteiger partial charge on any atom is 0.000770 e. The fourth-order valence-corrected chi connectivity index (χ4v) is 3.82. The highest BCUT2D eigenvalue weighted by Gasteiger charge is 2.31. The van der Waals surface area contributed by atoms with Crippen molar-refractivity contribution in [1.82, 2.24) is 10.6 Å². The summed E-state index contributed by atoms with van der Waals surface area (Å²) < 4.78 is 0. The zero-order valence-electron chi connectivity index (χ0n) is 12.3. The fraction of sp³-hybridized carbons (Fsp3) is 1.00. The summed E-state index contributed by atoms with van der Waals surface area (Å²) in [6.07, 6.45) is 12.8. The van der Waals surface area contributed by atoms with Crippen LogP contribution in [0.2, 0.25) is 0 Å². The van der Waals surface area contributed by atoms with E-state index >= 15 is 0 Å². The molecule has 0 aromatic heterocycles. The highest BCUT2D eigenvalue weighted by atomic mass is 14.9. The zero-order chi connectivity index (χ0) is 12.7. The molecule has 0 radical (unpaired) electrons. The third-order valence-electron chi connectivity index (χ3n) is 5.28. The van der Waals surface area contributed by atoms with E-state index in [0.29, 0.717) is 5.41 Å². The molecular weight excluding hydrogens is 220 g/mol. The van der Waals surface area contributed by atoms with Crippen LogP contribution in [0.15, 0.2) is 0 Å². The summed E-state index contributed by atoms with van der Waals surface area (Å²) in [4.78, 5) is 0. The first-order valence-corrected chi connectivity index (χ1v) is 8.26. The average Bonchev–Trinajstić information content (AvgIpc) is 2.89. The van der Waals surface area contributed by atoms with E-state index in [1.807, 2.05) is 0 Å². The Balaban J connectivity index is 1.52. The molecule has 2 nitrogen and oxygen atoms in total. The van der Waals surface area contributed by atoms with Crippen LogP contribution in [-0.4, -0.2) is 26.2 Å². The Morgan fingerprint density at radius 1 is 1.22 bits per heavy atom. The predicted molar refractivity (Wildman–Crippen MR) is 78.9 cm³/mol. The summed E-state index contributed by atoms with van der Waals surface area (Å²) in [6.45, 7) is 7.39. The van der Waals surface area contributed by atoms with Gasteiger partial charge in [-0.05, 0) is 75.9 Å². The molecule has 2 heteroatoms. The second-order valence-corrected chi connectivity index (χ2v) is 6.59. The summed E-state index contributed by atoms with van der Waals surface area (Å²) in [5.41, 5.74) is 0.659. The van der Waals surface area contributed by atoms with Gasteiger partial charge in [0.1, 0.15) is 0 Å². The van der Waals surface area contributed by atoms with Crippen LogP contribution in [0.4, 0.5) is 0 Å². The smallest absolute Gasteiger partial charge is 0.000770 e. The van der Waals surface area contributed by atoms with E-state index in [2.05, 4.69) is 17.6 Å². The lowest BCUT2D eigenvalue weighted by Crippen LogP contribution is -2.33. The molecule has 0 aromatic rings. The van der Waals surface area contributed by atoms with E-state index in [-0.39, 0.29) is 0 Å². The Hall–Kier alpha value is -0.0800. The van der Waals surface area contributed by atoms with Crippen molar-refractivity contribution in [2.24, 2.45) is 11.3 Å². The molecule has 18 heavy (non-hydrogen) atoms. The van der Waals surface area contributed by atoms with Crippen LogP contribution in [0.3, 0.4) is 0 Å². The van der Waals surface area contributed by atoms with Crippen LogP contribution in [0.5, 0.6) is 0 Å². The first-order chi connectivity index (χ1) is 8.85. The molecule has 1 unspecified atom stereocenters. The minimum atomic E-state index is 0.659. The lowest BCUT2D eigenvalue weighted by atomic mass is 9.83. The SMILES string of the molecule is CCC1(CNCCCC2CCCNC2)CCCC1. The summed E-state index contributed by atoms with van der Waals surface area (Å²) in [5, 5.41) is 7.25. The largest absolute Gasteiger partial charge is 0.316 e. The van der Waals surface area contributed by atoms with Crippen LogP contribution >= 0.6 is 0 Å². The second-order valence-electron chi connectivity index (χ2n) is 6.59. The van der Waals surface area contributed by atoms with Gasteiger partial charge in [0.05, 0.1) is 0 Å². The van der Waals surface area contributed by atoms with E-state index in [0.717, 1.165) is 5.92 Å². The zero-order valence-corrected chi connectivity index (χ0v) is 12.3. The Labute approximate surface area is 113 Å². The van der Waals surface area contributed by atoms with Crippen LogP contribution in [0, 0.1) is 11.3 Å². The number of nitrogens with one attached hydrogen (secondary N) is 2. The van der Waals surface area contributed by atoms with Gasteiger partial charge in [-0.1, -0.05) is 19.8 Å². The third-order valence-corrected chi connectivity index (χ3v) is 5.28. The number of piperidine rings is 1. The van der Waals surface area contributed by atoms with Crippen LogP contribution < -0.4 is 10.6 Å². The molecule has 0 aromatic carbocycles. The van der Waals surface area contributed by atoms with Crippen molar-refractivity contribution in [3.05, 3.63) is 0 Å². The molecule has 1 heterocycles. The summed E-state index contributed by atoms with van der Waals surface area (Å²) in [5.74, 6) is 0.951. The van der Waals surface area contributed by atoms with Gasteiger partial charge in [0.15, 0.2) is 0 Å². The van der Waals surface area contributed by atoms with Crippen LogP contribution in [0.1, 0.15) is 64.7 Å². The van der Waals surface area contributed by atoms with Crippen LogP contribution in [0.25, 0.3) is 0 Å². The van der Waals surface area contributed by atoms with E-state index in [9.17, 15) is 0 Å². The summed E-state index contributed by atoms with van der Waals surface area (Å²) >= 11 is 0. The molecule has 1 aliphatic carbocycles. The molecule has 1 saturated heterocycles. The number of rotatable bonds is 7. The highest BCUT2D eigenvalue weighted by molar-refractivity contribution is 4.85. The molecule has 1 aliphatic heterocycles.